The zero-order valence-electron chi connectivity index (χ0n) is 11.6. The van der Waals surface area contributed by atoms with Gasteiger partial charge in [0.25, 0.3) is 0 Å². The number of hydrogen-bond donors (Lipinski definition) is 1. The number of rotatable bonds is 1. The highest BCUT2D eigenvalue weighted by Gasteiger charge is 2.36. The van der Waals surface area contributed by atoms with Gasteiger partial charge in [-0.05, 0) is 40.0 Å². The number of carbonyl (C=O) groups excluding carboxylic acids is 1. The van der Waals surface area contributed by atoms with Gasteiger partial charge >= 0.3 is 6.09 Å². The van der Waals surface area contributed by atoms with E-state index in [-0.39, 0.29) is 24.7 Å². The molecule has 1 rings (SSSR count). The summed E-state index contributed by atoms with van der Waals surface area (Å²) in [5, 5.41) is 9.33. The first-order chi connectivity index (χ1) is 7.74. The van der Waals surface area contributed by atoms with E-state index in [1.54, 1.807) is 4.90 Å². The molecule has 1 aliphatic rings. The van der Waals surface area contributed by atoms with Crippen molar-refractivity contribution < 1.29 is 14.6 Å². The predicted molar refractivity (Wildman–Crippen MR) is 66.8 cm³/mol. The molecule has 4 heteroatoms. The Hall–Kier alpha value is -0.770. The second-order valence-electron chi connectivity index (χ2n) is 6.16. The smallest absolute Gasteiger partial charge is 0.410 e. The molecule has 1 saturated heterocycles. The first-order valence-electron chi connectivity index (χ1n) is 6.35. The normalized spacial score (nSPS) is 30.2. The number of likely N-dealkylation sites (tertiary alicyclic amines) is 1. The molecule has 1 heterocycles. The summed E-state index contributed by atoms with van der Waals surface area (Å²) in [5.41, 5.74) is -0.466. The van der Waals surface area contributed by atoms with Gasteiger partial charge in [-0.25, -0.2) is 4.79 Å². The Labute approximate surface area is 104 Å². The molecule has 0 saturated carbocycles. The number of carbonyl (C=O) groups is 1. The van der Waals surface area contributed by atoms with E-state index >= 15 is 0 Å². The highest BCUT2D eigenvalue weighted by Crippen LogP contribution is 2.28. The van der Waals surface area contributed by atoms with E-state index in [0.29, 0.717) is 12.5 Å². The van der Waals surface area contributed by atoms with E-state index < -0.39 is 5.60 Å². The minimum Gasteiger partial charge on any atom is -0.444 e. The van der Waals surface area contributed by atoms with E-state index in [4.69, 9.17) is 4.74 Å². The Morgan fingerprint density at radius 1 is 1.41 bits per heavy atom. The summed E-state index contributed by atoms with van der Waals surface area (Å²) in [6.07, 6.45) is 0.701. The third-order valence-electron chi connectivity index (χ3n) is 3.25. The molecule has 0 bridgehead atoms. The highest BCUT2D eigenvalue weighted by molar-refractivity contribution is 5.68. The molecule has 0 aromatic heterocycles. The average molecular weight is 243 g/mol. The summed E-state index contributed by atoms with van der Waals surface area (Å²) in [5.74, 6) is 0.571. The van der Waals surface area contributed by atoms with Gasteiger partial charge in [-0.15, -0.1) is 0 Å². The summed E-state index contributed by atoms with van der Waals surface area (Å²) >= 11 is 0. The summed E-state index contributed by atoms with van der Waals surface area (Å²) in [6, 6.07) is 0.0473. The van der Waals surface area contributed by atoms with Crippen molar-refractivity contribution >= 4 is 6.09 Å². The van der Waals surface area contributed by atoms with Crippen LogP contribution in [-0.2, 0) is 4.74 Å². The lowest BCUT2D eigenvalue weighted by atomic mass is 9.85. The molecule has 1 fully saturated rings. The Bertz CT molecular complexity index is 272. The topological polar surface area (TPSA) is 49.8 Å². The number of amides is 1. The van der Waals surface area contributed by atoms with E-state index in [1.807, 2.05) is 27.7 Å². The molecule has 0 radical (unpaired) electrons. The zero-order chi connectivity index (χ0) is 13.2. The highest BCUT2D eigenvalue weighted by atomic mass is 16.6. The number of aliphatic hydroxyl groups is 1. The summed E-state index contributed by atoms with van der Waals surface area (Å²) in [4.78, 5) is 13.8. The third kappa shape index (κ3) is 3.87. The fourth-order valence-electron chi connectivity index (χ4n) is 2.33. The number of nitrogens with zero attached hydrogens (tertiary/aromatic N) is 1. The van der Waals surface area contributed by atoms with Crippen LogP contribution in [0.2, 0.25) is 0 Å². The summed E-state index contributed by atoms with van der Waals surface area (Å²) < 4.78 is 5.39. The Morgan fingerprint density at radius 3 is 2.47 bits per heavy atom. The van der Waals surface area contributed by atoms with Crippen molar-refractivity contribution in [2.75, 3.05) is 13.2 Å². The molecule has 4 nitrogen and oxygen atoms in total. The second kappa shape index (κ2) is 5.25. The molecule has 3 unspecified atom stereocenters. The number of aliphatic hydroxyl groups excluding tert-OH is 1. The maximum atomic E-state index is 12.1. The molecule has 17 heavy (non-hydrogen) atoms. The Balaban J connectivity index is 2.71. The maximum Gasteiger partial charge on any atom is 0.410 e. The average Bonchev–Trinajstić information content (AvgIpc) is 2.18. The fourth-order valence-corrected chi connectivity index (χ4v) is 2.33. The van der Waals surface area contributed by atoms with Crippen molar-refractivity contribution in [3.05, 3.63) is 0 Å². The first-order valence-corrected chi connectivity index (χ1v) is 6.35. The van der Waals surface area contributed by atoms with E-state index in [9.17, 15) is 9.90 Å². The lowest BCUT2D eigenvalue weighted by Gasteiger charge is -2.42. The van der Waals surface area contributed by atoms with Crippen molar-refractivity contribution in [2.24, 2.45) is 11.8 Å². The van der Waals surface area contributed by atoms with Gasteiger partial charge in [0.05, 0.1) is 0 Å². The number of piperidine rings is 1. The predicted octanol–water partition coefficient (Wildman–Crippen LogP) is 2.26. The molecule has 100 valence electrons. The van der Waals surface area contributed by atoms with Gasteiger partial charge < -0.3 is 14.7 Å². The van der Waals surface area contributed by atoms with Crippen molar-refractivity contribution in [3.8, 4) is 0 Å². The summed E-state index contributed by atoms with van der Waals surface area (Å²) in [7, 11) is 0. The lowest BCUT2D eigenvalue weighted by Crippen LogP contribution is -2.51. The largest absolute Gasteiger partial charge is 0.444 e. The van der Waals surface area contributed by atoms with Gasteiger partial charge in [-0.2, -0.15) is 0 Å². The van der Waals surface area contributed by atoms with Crippen LogP contribution in [0.1, 0.15) is 41.0 Å². The molecular formula is C13H25NO3. The molecule has 0 spiro atoms. The van der Waals surface area contributed by atoms with Crippen LogP contribution in [0.5, 0.6) is 0 Å². The van der Waals surface area contributed by atoms with Crippen LogP contribution in [0.15, 0.2) is 0 Å². The molecule has 0 aromatic carbocycles. The van der Waals surface area contributed by atoms with Crippen molar-refractivity contribution in [3.63, 3.8) is 0 Å². The van der Waals surface area contributed by atoms with Crippen LogP contribution in [-0.4, -0.2) is 40.9 Å². The SMILES string of the molecule is CC1CC(CO)C(C)N(C(=O)OC(C)(C)C)C1. The van der Waals surface area contributed by atoms with Crippen LogP contribution in [0.25, 0.3) is 0 Å². The first kappa shape index (κ1) is 14.3. The zero-order valence-corrected chi connectivity index (χ0v) is 11.6. The molecule has 0 aromatic rings. The molecule has 1 amide bonds. The minimum absolute atomic E-state index is 0.0473. The second-order valence-corrected chi connectivity index (χ2v) is 6.16. The quantitative estimate of drug-likeness (QED) is 0.768. The van der Waals surface area contributed by atoms with Gasteiger partial charge in [0.15, 0.2) is 0 Å². The lowest BCUT2D eigenvalue weighted by molar-refractivity contribution is -0.0122. The van der Waals surface area contributed by atoms with Crippen molar-refractivity contribution in [1.82, 2.24) is 4.90 Å². The van der Waals surface area contributed by atoms with Crippen LogP contribution < -0.4 is 0 Å². The van der Waals surface area contributed by atoms with Crippen LogP contribution >= 0.6 is 0 Å². The van der Waals surface area contributed by atoms with Gasteiger partial charge in [0.1, 0.15) is 5.60 Å². The van der Waals surface area contributed by atoms with Crippen molar-refractivity contribution in [2.45, 2.75) is 52.7 Å². The molecule has 1 aliphatic heterocycles. The molecular weight excluding hydrogens is 218 g/mol. The molecule has 1 N–H and O–H groups in total. The number of hydrogen-bond acceptors (Lipinski definition) is 3. The van der Waals surface area contributed by atoms with Gasteiger partial charge in [-0.3, -0.25) is 0 Å². The van der Waals surface area contributed by atoms with Gasteiger partial charge in [0.2, 0.25) is 0 Å². The fraction of sp³-hybridized carbons (Fsp3) is 0.923. The van der Waals surface area contributed by atoms with Gasteiger partial charge in [0, 0.05) is 25.1 Å². The maximum absolute atomic E-state index is 12.1. The number of ether oxygens (including phenoxy) is 1. The van der Waals surface area contributed by atoms with Crippen LogP contribution in [0.4, 0.5) is 4.79 Å². The van der Waals surface area contributed by atoms with E-state index in [1.165, 1.54) is 0 Å². The van der Waals surface area contributed by atoms with Gasteiger partial charge in [-0.1, -0.05) is 6.92 Å². The van der Waals surface area contributed by atoms with Crippen molar-refractivity contribution in [1.29, 1.82) is 0 Å². The third-order valence-corrected chi connectivity index (χ3v) is 3.25. The monoisotopic (exact) mass is 243 g/mol. The minimum atomic E-state index is -0.466. The Kier molecular flexibility index (Phi) is 4.42. The molecule has 0 aliphatic carbocycles. The molecule has 3 atom stereocenters. The van der Waals surface area contributed by atoms with E-state index in [0.717, 1.165) is 6.42 Å². The summed E-state index contributed by atoms with van der Waals surface area (Å²) in [6.45, 7) is 10.5. The Morgan fingerprint density at radius 2 is 2.00 bits per heavy atom. The standard InChI is InChI=1S/C13H25NO3/c1-9-6-11(8-15)10(2)14(7-9)12(16)17-13(3,4)5/h9-11,15H,6-8H2,1-5H3. The van der Waals surface area contributed by atoms with Crippen LogP contribution in [0.3, 0.4) is 0 Å². The van der Waals surface area contributed by atoms with Crippen LogP contribution in [0, 0.1) is 11.8 Å². The van der Waals surface area contributed by atoms with E-state index in [2.05, 4.69) is 6.92 Å².